The number of nitrogens with zero attached hydrogens (tertiary/aromatic N) is 3. The lowest BCUT2D eigenvalue weighted by atomic mass is 10.2. The van der Waals surface area contributed by atoms with Gasteiger partial charge in [0, 0.05) is 59.1 Å². The van der Waals surface area contributed by atoms with Gasteiger partial charge >= 0.3 is 0 Å². The molecule has 0 atom stereocenters. The van der Waals surface area contributed by atoms with Crippen LogP contribution in [-0.2, 0) is 20.2 Å². The highest BCUT2D eigenvalue weighted by Gasteiger charge is 2.26. The van der Waals surface area contributed by atoms with Crippen molar-refractivity contribution in [3.63, 3.8) is 0 Å². The Hall–Kier alpha value is -3.08. The minimum atomic E-state index is -0.780. The van der Waals surface area contributed by atoms with Gasteiger partial charge in [0.25, 0.3) is 11.8 Å². The number of halogens is 2. The number of rotatable bonds is 10. The zero-order valence-corrected chi connectivity index (χ0v) is 22.6. The summed E-state index contributed by atoms with van der Waals surface area (Å²) >= 11 is 12.1. The third-order valence-corrected chi connectivity index (χ3v) is 7.23. The van der Waals surface area contributed by atoms with Crippen molar-refractivity contribution in [1.29, 1.82) is 0 Å². The number of aromatic nitrogens is 1. The van der Waals surface area contributed by atoms with Gasteiger partial charge in [-0.3, -0.25) is 24.6 Å². The zero-order valence-electron chi connectivity index (χ0n) is 21.1. The number of piperazine rings is 1. The second-order valence-electron chi connectivity index (χ2n) is 9.17. The van der Waals surface area contributed by atoms with Crippen LogP contribution >= 0.6 is 23.2 Å². The summed E-state index contributed by atoms with van der Waals surface area (Å²) in [6, 6.07) is 15.5. The van der Waals surface area contributed by atoms with Gasteiger partial charge in [0.2, 0.25) is 0 Å². The van der Waals surface area contributed by atoms with Crippen molar-refractivity contribution >= 4 is 35.0 Å². The maximum atomic E-state index is 13.1. The molecular formula is C27H31Cl2N5O4. The zero-order chi connectivity index (χ0) is 27.1. The first-order chi connectivity index (χ1) is 18.4. The third-order valence-electron chi connectivity index (χ3n) is 6.49. The molecule has 38 heavy (non-hydrogen) atoms. The van der Waals surface area contributed by atoms with E-state index in [1.165, 1.54) is 16.3 Å². The molecule has 0 radical (unpaired) electrons. The van der Waals surface area contributed by atoms with E-state index >= 15 is 0 Å². The Morgan fingerprint density at radius 2 is 1.66 bits per heavy atom. The molecule has 2 amide bonds. The number of hydroxylamine groups is 1. The molecule has 0 aliphatic carbocycles. The fraction of sp³-hybridized carbons (Fsp3) is 0.333. The summed E-state index contributed by atoms with van der Waals surface area (Å²) in [5.41, 5.74) is 3.83. The van der Waals surface area contributed by atoms with Crippen LogP contribution in [0.5, 0.6) is 5.75 Å². The van der Waals surface area contributed by atoms with Gasteiger partial charge in [-0.15, -0.1) is 0 Å². The first-order valence-corrected chi connectivity index (χ1v) is 13.1. The summed E-state index contributed by atoms with van der Waals surface area (Å²) in [4.78, 5) is 30.2. The molecule has 0 saturated carbocycles. The predicted molar refractivity (Wildman–Crippen MR) is 146 cm³/mol. The first-order valence-electron chi connectivity index (χ1n) is 12.3. The molecule has 2 aromatic carbocycles. The standard InChI is InChI=1S/C27H31Cl2N5O4/c1-32-17-21(26(35)31-37)25(38-18-20-7-8-22(28)23(29)15-20)24(32)27(36)30-9-10-33-11-13-34(14-12-33)16-19-5-3-2-4-6-19/h2-8,15,17,37H,9-14,16,18H2,1H3,(H,30,36)(H,31,35). The normalized spacial score (nSPS) is 14.3. The molecule has 1 saturated heterocycles. The van der Waals surface area contributed by atoms with Gasteiger partial charge < -0.3 is 14.6 Å². The van der Waals surface area contributed by atoms with Gasteiger partial charge in [-0.05, 0) is 23.3 Å². The van der Waals surface area contributed by atoms with Crippen molar-refractivity contribution in [2.24, 2.45) is 7.05 Å². The van der Waals surface area contributed by atoms with E-state index < -0.39 is 5.91 Å². The molecule has 0 unspecified atom stereocenters. The largest absolute Gasteiger partial charge is 0.486 e. The Bertz CT molecular complexity index is 1260. The lowest BCUT2D eigenvalue weighted by Gasteiger charge is -2.34. The highest BCUT2D eigenvalue weighted by molar-refractivity contribution is 6.42. The van der Waals surface area contributed by atoms with E-state index in [4.69, 9.17) is 27.9 Å². The minimum Gasteiger partial charge on any atom is -0.486 e. The van der Waals surface area contributed by atoms with Gasteiger partial charge in [-0.1, -0.05) is 59.6 Å². The number of nitrogens with one attached hydrogen (secondary N) is 2. The molecule has 1 aliphatic heterocycles. The number of aryl methyl sites for hydroxylation is 1. The fourth-order valence-electron chi connectivity index (χ4n) is 4.44. The van der Waals surface area contributed by atoms with Gasteiger partial charge in [0.15, 0.2) is 5.75 Å². The molecule has 1 fully saturated rings. The number of hydrogen-bond donors (Lipinski definition) is 3. The minimum absolute atomic E-state index is 0.0368. The number of carbonyl (C=O) groups excluding carboxylic acids is 2. The van der Waals surface area contributed by atoms with Crippen molar-refractivity contribution < 1.29 is 19.5 Å². The number of hydrogen-bond acceptors (Lipinski definition) is 6. The first kappa shape index (κ1) is 27.9. The molecule has 2 heterocycles. The number of amides is 2. The van der Waals surface area contributed by atoms with Crippen LogP contribution in [-0.4, -0.2) is 70.7 Å². The smallest absolute Gasteiger partial charge is 0.279 e. The molecule has 0 spiro atoms. The molecule has 3 N–H and O–H groups in total. The SMILES string of the molecule is Cn1cc(C(=O)NO)c(OCc2ccc(Cl)c(Cl)c2)c1C(=O)NCCN1CCN(Cc2ccccc2)CC1. The molecule has 11 heteroatoms. The average Bonchev–Trinajstić information content (AvgIpc) is 3.26. The van der Waals surface area contributed by atoms with Crippen LogP contribution in [0.15, 0.2) is 54.7 Å². The number of benzene rings is 2. The van der Waals surface area contributed by atoms with Gasteiger partial charge in [-0.25, -0.2) is 5.48 Å². The molecule has 1 aliphatic rings. The molecule has 9 nitrogen and oxygen atoms in total. The second kappa shape index (κ2) is 13.1. The Balaban J connectivity index is 1.34. The maximum Gasteiger partial charge on any atom is 0.279 e. The lowest BCUT2D eigenvalue weighted by molar-refractivity contribution is 0.0702. The van der Waals surface area contributed by atoms with Gasteiger partial charge in [-0.2, -0.15) is 0 Å². The van der Waals surface area contributed by atoms with Crippen LogP contribution in [0, 0.1) is 0 Å². The quantitative estimate of drug-likeness (QED) is 0.259. The summed E-state index contributed by atoms with van der Waals surface area (Å²) in [5, 5.41) is 12.9. The Kier molecular flexibility index (Phi) is 9.65. The topological polar surface area (TPSA) is 99.1 Å². The molecule has 4 rings (SSSR count). The predicted octanol–water partition coefficient (Wildman–Crippen LogP) is 3.58. The molecule has 1 aromatic heterocycles. The summed E-state index contributed by atoms with van der Waals surface area (Å²) in [7, 11) is 1.64. The van der Waals surface area contributed by atoms with Crippen LogP contribution in [0.25, 0.3) is 0 Å². The monoisotopic (exact) mass is 559 g/mol. The fourth-order valence-corrected chi connectivity index (χ4v) is 4.77. The van der Waals surface area contributed by atoms with Crippen molar-refractivity contribution in [2.45, 2.75) is 13.2 Å². The number of carbonyl (C=O) groups is 2. The van der Waals surface area contributed by atoms with Crippen molar-refractivity contribution in [3.8, 4) is 5.75 Å². The van der Waals surface area contributed by atoms with E-state index in [2.05, 4.69) is 39.4 Å². The van der Waals surface area contributed by atoms with E-state index in [-0.39, 0.29) is 29.5 Å². The van der Waals surface area contributed by atoms with Crippen LogP contribution in [0.4, 0.5) is 0 Å². The van der Waals surface area contributed by atoms with Crippen molar-refractivity contribution in [1.82, 2.24) is 25.2 Å². The summed E-state index contributed by atoms with van der Waals surface area (Å²) in [6.45, 7) is 5.90. The Morgan fingerprint density at radius 1 is 0.947 bits per heavy atom. The summed E-state index contributed by atoms with van der Waals surface area (Å²) in [5.74, 6) is -1.09. The van der Waals surface area contributed by atoms with Crippen LogP contribution in [0.1, 0.15) is 32.0 Å². The summed E-state index contributed by atoms with van der Waals surface area (Å²) < 4.78 is 7.41. The van der Waals surface area contributed by atoms with Crippen LogP contribution in [0.2, 0.25) is 10.0 Å². The Morgan fingerprint density at radius 3 is 2.34 bits per heavy atom. The highest BCUT2D eigenvalue weighted by atomic mass is 35.5. The van der Waals surface area contributed by atoms with Crippen LogP contribution in [0.3, 0.4) is 0 Å². The second-order valence-corrected chi connectivity index (χ2v) is 9.98. The van der Waals surface area contributed by atoms with Crippen molar-refractivity contribution in [2.75, 3.05) is 39.3 Å². The molecule has 0 bridgehead atoms. The van der Waals surface area contributed by atoms with Crippen molar-refractivity contribution in [3.05, 3.63) is 87.2 Å². The van der Waals surface area contributed by atoms with E-state index in [1.807, 2.05) is 6.07 Å². The van der Waals surface area contributed by atoms with Gasteiger partial charge in [0.1, 0.15) is 17.9 Å². The number of ether oxygens (including phenoxy) is 1. The van der Waals surface area contributed by atoms with E-state index in [9.17, 15) is 14.8 Å². The lowest BCUT2D eigenvalue weighted by Crippen LogP contribution is -2.48. The highest BCUT2D eigenvalue weighted by Crippen LogP contribution is 2.28. The maximum absolute atomic E-state index is 13.1. The molecule has 202 valence electrons. The Labute approximate surface area is 231 Å². The summed E-state index contributed by atoms with van der Waals surface area (Å²) in [6.07, 6.45) is 1.44. The van der Waals surface area contributed by atoms with E-state index in [0.29, 0.717) is 28.7 Å². The third kappa shape index (κ3) is 7.06. The van der Waals surface area contributed by atoms with E-state index in [0.717, 1.165) is 32.7 Å². The molecule has 3 aromatic rings. The average molecular weight is 560 g/mol. The molecular weight excluding hydrogens is 529 g/mol. The van der Waals surface area contributed by atoms with Crippen LogP contribution < -0.4 is 15.5 Å². The van der Waals surface area contributed by atoms with E-state index in [1.54, 1.807) is 30.7 Å². The van der Waals surface area contributed by atoms with Gasteiger partial charge in [0.05, 0.1) is 10.0 Å².